The Labute approximate surface area is 109 Å². The summed E-state index contributed by atoms with van der Waals surface area (Å²) in [4.78, 5) is 4.70. The number of rotatable bonds is 2. The van der Waals surface area contributed by atoms with Crippen molar-refractivity contribution < 1.29 is 0 Å². The predicted octanol–water partition coefficient (Wildman–Crippen LogP) is 3.83. The Morgan fingerprint density at radius 1 is 1.28 bits per heavy atom. The Bertz CT molecular complexity index is 576. The summed E-state index contributed by atoms with van der Waals surface area (Å²) in [5, 5.41) is 0. The standard InChI is InChI=1S/C16H20N2/c1-10-6-5-7-13(14-8-11(14)2)16(10)15-9-18(4)12(3)17-15/h5-7,9,11,14H,8H2,1-4H3. The summed E-state index contributed by atoms with van der Waals surface area (Å²) < 4.78 is 2.10. The molecule has 0 bridgehead atoms. The smallest absolute Gasteiger partial charge is 0.105 e. The zero-order valence-corrected chi connectivity index (χ0v) is 11.6. The molecular weight excluding hydrogens is 220 g/mol. The Hall–Kier alpha value is -1.57. The third-order valence-electron chi connectivity index (χ3n) is 4.18. The highest BCUT2D eigenvalue weighted by atomic mass is 15.0. The number of imidazole rings is 1. The minimum Gasteiger partial charge on any atom is -0.338 e. The second kappa shape index (κ2) is 3.98. The van der Waals surface area contributed by atoms with Gasteiger partial charge >= 0.3 is 0 Å². The number of aromatic nitrogens is 2. The molecule has 1 aromatic carbocycles. The van der Waals surface area contributed by atoms with Gasteiger partial charge in [-0.2, -0.15) is 0 Å². The molecule has 0 N–H and O–H groups in total. The average Bonchev–Trinajstić information content (AvgIpc) is 2.95. The van der Waals surface area contributed by atoms with E-state index in [4.69, 9.17) is 4.98 Å². The molecule has 1 aliphatic rings. The summed E-state index contributed by atoms with van der Waals surface area (Å²) >= 11 is 0. The van der Waals surface area contributed by atoms with Crippen molar-refractivity contribution in [1.82, 2.24) is 9.55 Å². The fourth-order valence-electron chi connectivity index (χ4n) is 2.78. The van der Waals surface area contributed by atoms with Crippen LogP contribution in [0.15, 0.2) is 24.4 Å². The summed E-state index contributed by atoms with van der Waals surface area (Å²) in [6.07, 6.45) is 3.47. The van der Waals surface area contributed by atoms with E-state index in [0.29, 0.717) is 0 Å². The second-order valence-corrected chi connectivity index (χ2v) is 5.64. The molecule has 1 fully saturated rings. The van der Waals surface area contributed by atoms with E-state index in [2.05, 4.69) is 56.8 Å². The summed E-state index contributed by atoms with van der Waals surface area (Å²) in [5.41, 5.74) is 5.31. The molecule has 1 aromatic heterocycles. The second-order valence-electron chi connectivity index (χ2n) is 5.64. The molecular formula is C16H20N2. The summed E-state index contributed by atoms with van der Waals surface area (Å²) in [6, 6.07) is 6.64. The molecule has 2 aromatic rings. The largest absolute Gasteiger partial charge is 0.338 e. The van der Waals surface area contributed by atoms with Gasteiger partial charge in [-0.1, -0.05) is 25.1 Å². The van der Waals surface area contributed by atoms with Crippen LogP contribution >= 0.6 is 0 Å². The molecule has 0 amide bonds. The van der Waals surface area contributed by atoms with Gasteiger partial charge in [-0.25, -0.2) is 4.98 Å². The van der Waals surface area contributed by atoms with E-state index in [1.165, 1.54) is 23.1 Å². The van der Waals surface area contributed by atoms with Crippen LogP contribution in [0.25, 0.3) is 11.3 Å². The molecule has 18 heavy (non-hydrogen) atoms. The van der Waals surface area contributed by atoms with Crippen LogP contribution in [-0.4, -0.2) is 9.55 Å². The molecule has 1 saturated carbocycles. The number of hydrogen-bond acceptors (Lipinski definition) is 1. The van der Waals surface area contributed by atoms with Gasteiger partial charge in [-0.05, 0) is 43.2 Å². The first-order chi connectivity index (χ1) is 8.58. The number of hydrogen-bond donors (Lipinski definition) is 0. The topological polar surface area (TPSA) is 17.8 Å². The van der Waals surface area contributed by atoms with Gasteiger partial charge in [0.15, 0.2) is 0 Å². The van der Waals surface area contributed by atoms with Gasteiger partial charge in [-0.3, -0.25) is 0 Å². The van der Waals surface area contributed by atoms with Crippen LogP contribution in [0.1, 0.15) is 36.2 Å². The van der Waals surface area contributed by atoms with Crippen LogP contribution in [0.2, 0.25) is 0 Å². The molecule has 2 nitrogen and oxygen atoms in total. The molecule has 1 aliphatic carbocycles. The number of aryl methyl sites for hydroxylation is 3. The van der Waals surface area contributed by atoms with E-state index in [1.807, 2.05) is 0 Å². The fraction of sp³-hybridized carbons (Fsp3) is 0.438. The summed E-state index contributed by atoms with van der Waals surface area (Å²) in [6.45, 7) is 6.58. The molecule has 3 rings (SSSR count). The van der Waals surface area contributed by atoms with Crippen molar-refractivity contribution in [3.8, 4) is 11.3 Å². The third-order valence-corrected chi connectivity index (χ3v) is 4.18. The maximum atomic E-state index is 4.70. The van der Waals surface area contributed by atoms with E-state index < -0.39 is 0 Å². The number of benzene rings is 1. The van der Waals surface area contributed by atoms with E-state index in [1.54, 1.807) is 0 Å². The first kappa shape index (κ1) is 11.5. The lowest BCUT2D eigenvalue weighted by Crippen LogP contribution is -1.92. The normalized spacial score (nSPS) is 22.2. The SMILES string of the molecule is Cc1cccc(C2CC2C)c1-c1cn(C)c(C)n1. The van der Waals surface area contributed by atoms with Crippen LogP contribution in [0.4, 0.5) is 0 Å². The molecule has 2 heteroatoms. The quantitative estimate of drug-likeness (QED) is 0.780. The highest BCUT2D eigenvalue weighted by Gasteiger charge is 2.36. The van der Waals surface area contributed by atoms with Crippen molar-refractivity contribution in [3.05, 3.63) is 41.3 Å². The minimum atomic E-state index is 0.738. The van der Waals surface area contributed by atoms with Gasteiger partial charge in [0.2, 0.25) is 0 Å². The molecule has 0 spiro atoms. The lowest BCUT2D eigenvalue weighted by molar-refractivity contribution is 0.858. The molecule has 0 aliphatic heterocycles. The van der Waals surface area contributed by atoms with Gasteiger partial charge < -0.3 is 4.57 Å². The summed E-state index contributed by atoms with van der Waals surface area (Å²) in [7, 11) is 2.06. The highest BCUT2D eigenvalue weighted by Crippen LogP contribution is 2.50. The molecule has 0 radical (unpaired) electrons. The van der Waals surface area contributed by atoms with E-state index in [0.717, 1.165) is 23.4 Å². The lowest BCUT2D eigenvalue weighted by Gasteiger charge is -2.10. The van der Waals surface area contributed by atoms with Gasteiger partial charge in [0.1, 0.15) is 5.82 Å². The maximum absolute atomic E-state index is 4.70. The van der Waals surface area contributed by atoms with Gasteiger partial charge in [0, 0.05) is 18.8 Å². The molecule has 0 saturated heterocycles. The zero-order valence-electron chi connectivity index (χ0n) is 11.6. The van der Waals surface area contributed by atoms with E-state index in [-0.39, 0.29) is 0 Å². The third kappa shape index (κ3) is 1.76. The molecule has 1 heterocycles. The van der Waals surface area contributed by atoms with E-state index >= 15 is 0 Å². The minimum absolute atomic E-state index is 0.738. The Balaban J connectivity index is 2.15. The zero-order chi connectivity index (χ0) is 12.9. The van der Waals surface area contributed by atoms with Crippen molar-refractivity contribution in [2.45, 2.75) is 33.1 Å². The average molecular weight is 240 g/mol. The van der Waals surface area contributed by atoms with Crippen LogP contribution in [-0.2, 0) is 7.05 Å². The Morgan fingerprint density at radius 2 is 2.00 bits per heavy atom. The van der Waals surface area contributed by atoms with Crippen molar-refractivity contribution in [3.63, 3.8) is 0 Å². The lowest BCUT2D eigenvalue weighted by atomic mass is 9.95. The van der Waals surface area contributed by atoms with Crippen LogP contribution in [0.5, 0.6) is 0 Å². The van der Waals surface area contributed by atoms with Gasteiger partial charge in [0.05, 0.1) is 5.69 Å². The molecule has 94 valence electrons. The molecule has 2 atom stereocenters. The van der Waals surface area contributed by atoms with Gasteiger partial charge in [-0.15, -0.1) is 0 Å². The maximum Gasteiger partial charge on any atom is 0.105 e. The van der Waals surface area contributed by atoms with Crippen molar-refractivity contribution in [2.75, 3.05) is 0 Å². The fourth-order valence-corrected chi connectivity index (χ4v) is 2.78. The van der Waals surface area contributed by atoms with Crippen molar-refractivity contribution >= 4 is 0 Å². The van der Waals surface area contributed by atoms with E-state index in [9.17, 15) is 0 Å². The highest BCUT2D eigenvalue weighted by molar-refractivity contribution is 5.69. The first-order valence-electron chi connectivity index (χ1n) is 6.67. The van der Waals surface area contributed by atoms with Crippen LogP contribution < -0.4 is 0 Å². The summed E-state index contributed by atoms with van der Waals surface area (Å²) in [5.74, 6) is 2.64. The van der Waals surface area contributed by atoms with Crippen molar-refractivity contribution in [2.24, 2.45) is 13.0 Å². The van der Waals surface area contributed by atoms with Crippen LogP contribution in [0, 0.1) is 19.8 Å². The first-order valence-corrected chi connectivity index (χ1v) is 6.67. The van der Waals surface area contributed by atoms with Crippen LogP contribution in [0.3, 0.4) is 0 Å². The Morgan fingerprint density at radius 3 is 2.56 bits per heavy atom. The predicted molar refractivity (Wildman–Crippen MR) is 74.6 cm³/mol. The van der Waals surface area contributed by atoms with Gasteiger partial charge in [0.25, 0.3) is 0 Å². The number of nitrogens with zero attached hydrogens (tertiary/aromatic N) is 2. The monoisotopic (exact) mass is 240 g/mol. The molecule has 2 unspecified atom stereocenters. The Kier molecular flexibility index (Phi) is 2.54. The van der Waals surface area contributed by atoms with Crippen molar-refractivity contribution in [1.29, 1.82) is 0 Å².